The second-order valence-electron chi connectivity index (χ2n) is 12.7. The molecule has 0 atom stereocenters. The topological polar surface area (TPSA) is 8.17 Å². The van der Waals surface area contributed by atoms with E-state index in [2.05, 4.69) is 188 Å². The molecule has 0 spiro atoms. The molecule has 8 rings (SSSR count). The first-order valence-corrected chi connectivity index (χ1v) is 16.0. The number of rotatable bonds is 4. The van der Waals surface area contributed by atoms with Crippen LogP contribution in [-0.2, 0) is 5.41 Å². The Hall–Kier alpha value is -5.60. The fourth-order valence-corrected chi connectivity index (χ4v) is 7.24. The molecule has 0 aliphatic heterocycles. The smallest absolute Gasteiger partial charge is 0.0561 e. The van der Waals surface area contributed by atoms with E-state index in [4.69, 9.17) is 0 Å². The van der Waals surface area contributed by atoms with Crippen LogP contribution in [0.4, 0.5) is 11.4 Å². The van der Waals surface area contributed by atoms with Crippen molar-refractivity contribution in [3.63, 3.8) is 0 Å². The molecule has 2 aliphatic carbocycles. The Morgan fingerprint density at radius 1 is 0.630 bits per heavy atom. The van der Waals surface area contributed by atoms with E-state index < -0.39 is 0 Å². The third-order valence-corrected chi connectivity index (χ3v) is 9.50. The summed E-state index contributed by atoms with van der Waals surface area (Å²) in [4.78, 5) is 2.41. The second kappa shape index (κ2) is 11.1. The lowest BCUT2D eigenvalue weighted by molar-refractivity contribution is 0.660. The van der Waals surface area contributed by atoms with Gasteiger partial charge in [-0.25, -0.2) is 0 Å². The molecule has 0 N–H and O–H groups in total. The van der Waals surface area contributed by atoms with Crippen LogP contribution in [0.25, 0.3) is 38.6 Å². The normalized spacial score (nSPS) is 18.4. The first kappa shape index (κ1) is 27.9. The number of allylic oxidation sites excluding steroid dienone is 8. The van der Waals surface area contributed by atoms with Crippen molar-refractivity contribution in [1.29, 1.82) is 0 Å². The van der Waals surface area contributed by atoms with E-state index in [1.54, 1.807) is 0 Å². The number of para-hydroxylation sites is 2. The first-order chi connectivity index (χ1) is 22.5. The number of benzene rings is 5. The molecule has 5 aromatic carbocycles. The van der Waals surface area contributed by atoms with E-state index in [0.717, 1.165) is 34.8 Å². The minimum atomic E-state index is -0.0976. The van der Waals surface area contributed by atoms with Crippen LogP contribution in [-0.4, -0.2) is 4.57 Å². The van der Waals surface area contributed by atoms with Gasteiger partial charge in [0, 0.05) is 38.9 Å². The number of hydrogen-bond acceptors (Lipinski definition) is 1. The lowest BCUT2D eigenvalue weighted by Crippen LogP contribution is -2.18. The Morgan fingerprint density at radius 3 is 2.24 bits per heavy atom. The van der Waals surface area contributed by atoms with Gasteiger partial charge in [0.2, 0.25) is 0 Å². The third-order valence-electron chi connectivity index (χ3n) is 9.50. The van der Waals surface area contributed by atoms with Crippen LogP contribution in [0.1, 0.15) is 31.4 Å². The predicted molar refractivity (Wildman–Crippen MR) is 196 cm³/mol. The summed E-state index contributed by atoms with van der Waals surface area (Å²) >= 11 is 0. The summed E-state index contributed by atoms with van der Waals surface area (Å²) in [5, 5.41) is 2.49. The highest BCUT2D eigenvalue weighted by Gasteiger charge is 2.35. The first-order valence-electron chi connectivity index (χ1n) is 16.0. The lowest BCUT2D eigenvalue weighted by Gasteiger charge is -2.29. The van der Waals surface area contributed by atoms with E-state index in [1.807, 2.05) is 0 Å². The van der Waals surface area contributed by atoms with Crippen molar-refractivity contribution in [3.8, 4) is 16.8 Å². The van der Waals surface area contributed by atoms with Gasteiger partial charge < -0.3 is 9.47 Å². The van der Waals surface area contributed by atoms with Gasteiger partial charge in [-0.05, 0) is 82.8 Å². The summed E-state index contributed by atoms with van der Waals surface area (Å²) in [5.74, 6) is 0. The molecule has 0 radical (unpaired) electrons. The summed E-state index contributed by atoms with van der Waals surface area (Å²) in [5.41, 5.74) is 13.1. The Kier molecular flexibility index (Phi) is 6.73. The molecule has 0 unspecified atom stereocenters. The van der Waals surface area contributed by atoms with E-state index in [-0.39, 0.29) is 5.41 Å². The van der Waals surface area contributed by atoms with Crippen LogP contribution in [0.15, 0.2) is 176 Å². The molecule has 2 heteroatoms. The van der Waals surface area contributed by atoms with E-state index >= 15 is 0 Å². The van der Waals surface area contributed by atoms with Gasteiger partial charge in [-0.1, -0.05) is 130 Å². The van der Waals surface area contributed by atoms with Crippen LogP contribution >= 0.6 is 0 Å². The molecule has 2 nitrogen and oxygen atoms in total. The Bertz CT molecular complexity index is 2270. The van der Waals surface area contributed by atoms with E-state index in [9.17, 15) is 0 Å². The molecule has 0 amide bonds. The maximum absolute atomic E-state index is 4.27. The molecule has 1 heterocycles. The minimum Gasteiger partial charge on any atom is -0.311 e. The van der Waals surface area contributed by atoms with Gasteiger partial charge in [-0.2, -0.15) is 0 Å². The maximum Gasteiger partial charge on any atom is 0.0561 e. The highest BCUT2D eigenvalue weighted by Crippen LogP contribution is 2.50. The highest BCUT2D eigenvalue weighted by molar-refractivity contribution is 6.10. The molecular weight excluding hydrogens is 556 g/mol. The molecule has 6 aromatic rings. The van der Waals surface area contributed by atoms with Crippen molar-refractivity contribution < 1.29 is 0 Å². The zero-order valence-corrected chi connectivity index (χ0v) is 26.3. The summed E-state index contributed by atoms with van der Waals surface area (Å²) in [7, 11) is 0. The van der Waals surface area contributed by atoms with Crippen molar-refractivity contribution in [1.82, 2.24) is 4.57 Å². The van der Waals surface area contributed by atoms with Crippen LogP contribution in [0.2, 0.25) is 0 Å². The van der Waals surface area contributed by atoms with Gasteiger partial charge in [-0.3, -0.25) is 0 Å². The Labute approximate surface area is 271 Å². The van der Waals surface area contributed by atoms with Gasteiger partial charge in [0.1, 0.15) is 0 Å². The Balaban J connectivity index is 1.37. The van der Waals surface area contributed by atoms with Crippen molar-refractivity contribution in [2.24, 2.45) is 0 Å². The molecule has 0 saturated carbocycles. The largest absolute Gasteiger partial charge is 0.311 e. The molecule has 1 aromatic heterocycles. The number of hydrogen-bond donors (Lipinski definition) is 0. The van der Waals surface area contributed by atoms with E-state index in [1.165, 1.54) is 44.1 Å². The SMILES string of the molecule is C=C1/C=C\C=C/C/C=C(N(c2ccc3c(c2)C(C)(C)c2ccccc2-3)c2ccc3c4ccccc4n(-c4ccccc4)c3c2)\C=C/1. The highest BCUT2D eigenvalue weighted by atomic mass is 15.1. The molecule has 0 saturated heterocycles. The van der Waals surface area contributed by atoms with Gasteiger partial charge in [0.15, 0.2) is 0 Å². The summed E-state index contributed by atoms with van der Waals surface area (Å²) in [6, 6.07) is 42.2. The van der Waals surface area contributed by atoms with Crippen LogP contribution in [0.3, 0.4) is 0 Å². The number of fused-ring (bicyclic) bond motifs is 6. The second-order valence-corrected chi connectivity index (χ2v) is 12.7. The monoisotopic (exact) mass is 592 g/mol. The molecule has 46 heavy (non-hydrogen) atoms. The summed E-state index contributed by atoms with van der Waals surface area (Å²) in [6.45, 7) is 8.96. The van der Waals surface area contributed by atoms with Gasteiger partial charge in [0.05, 0.1) is 11.0 Å². The quantitative estimate of drug-likeness (QED) is 0.198. The molecule has 222 valence electrons. The summed E-state index contributed by atoms with van der Waals surface area (Å²) < 4.78 is 2.39. The zero-order chi connectivity index (χ0) is 31.3. The van der Waals surface area contributed by atoms with Gasteiger partial charge >= 0.3 is 0 Å². The molecule has 0 bridgehead atoms. The molecule has 0 fully saturated rings. The van der Waals surface area contributed by atoms with Crippen molar-refractivity contribution >= 4 is 33.2 Å². The summed E-state index contributed by atoms with van der Waals surface area (Å²) in [6.07, 6.45) is 15.9. The van der Waals surface area contributed by atoms with Gasteiger partial charge in [-0.15, -0.1) is 0 Å². The van der Waals surface area contributed by atoms with Crippen molar-refractivity contribution in [3.05, 3.63) is 187 Å². The zero-order valence-electron chi connectivity index (χ0n) is 26.3. The van der Waals surface area contributed by atoms with Crippen LogP contribution < -0.4 is 4.90 Å². The fourth-order valence-electron chi connectivity index (χ4n) is 7.24. The average Bonchev–Trinajstić information content (AvgIpc) is 3.53. The minimum absolute atomic E-state index is 0.0976. The third kappa shape index (κ3) is 4.57. The van der Waals surface area contributed by atoms with E-state index in [0.29, 0.717) is 0 Å². The van der Waals surface area contributed by atoms with Crippen LogP contribution in [0, 0.1) is 0 Å². The Morgan fingerprint density at radius 2 is 1.35 bits per heavy atom. The fraction of sp³-hybridized carbons (Fsp3) is 0.0909. The van der Waals surface area contributed by atoms with Crippen molar-refractivity contribution in [2.45, 2.75) is 25.7 Å². The molecular formula is C44H36N2. The van der Waals surface area contributed by atoms with Crippen LogP contribution in [0.5, 0.6) is 0 Å². The van der Waals surface area contributed by atoms with Crippen molar-refractivity contribution in [2.75, 3.05) is 4.90 Å². The average molecular weight is 593 g/mol. The maximum atomic E-state index is 4.27. The number of nitrogens with zero attached hydrogens (tertiary/aromatic N) is 2. The standard InChI is InChI=1S/C44H36N2/c1-31-15-7-4-5-8-18-33(24-23-31)45(34-25-27-37-36-19-11-13-21-40(36)44(2,3)41(37)29-34)35-26-28-39-38-20-12-14-22-42(38)46(43(39)30-35)32-16-9-6-10-17-32/h4-7,9-30H,1,8H2,2-3H3/b5-4-,15-7-,24-23-,33-18+. The van der Waals surface area contributed by atoms with Gasteiger partial charge in [0.25, 0.3) is 0 Å². The number of aromatic nitrogens is 1. The molecule has 2 aliphatic rings. The number of anilines is 2. The predicted octanol–water partition coefficient (Wildman–Crippen LogP) is 11.7. The lowest BCUT2D eigenvalue weighted by atomic mass is 9.82.